The highest BCUT2D eigenvalue weighted by Crippen LogP contribution is 2.19. The molecule has 100 valence electrons. The summed E-state index contributed by atoms with van der Waals surface area (Å²) in [6.07, 6.45) is 0. The largest absolute Gasteiger partial charge is 0.482 e. The smallest absolute Gasteiger partial charge is 0.341 e. The predicted molar refractivity (Wildman–Crippen MR) is 67.3 cm³/mol. The SMILES string of the molecule is CC(C)S(=O)(=O)Nc1cccc(OCC(=O)O)c1. The minimum atomic E-state index is -3.42. The Balaban J connectivity index is 2.80. The summed E-state index contributed by atoms with van der Waals surface area (Å²) in [5, 5.41) is 7.91. The summed E-state index contributed by atoms with van der Waals surface area (Å²) in [6.45, 7) is 2.65. The maximum Gasteiger partial charge on any atom is 0.341 e. The Morgan fingerprint density at radius 2 is 2.11 bits per heavy atom. The molecule has 0 bridgehead atoms. The molecule has 18 heavy (non-hydrogen) atoms. The maximum absolute atomic E-state index is 11.6. The van der Waals surface area contributed by atoms with Gasteiger partial charge in [0.1, 0.15) is 5.75 Å². The van der Waals surface area contributed by atoms with Gasteiger partial charge in [0, 0.05) is 6.07 Å². The summed E-state index contributed by atoms with van der Waals surface area (Å²) >= 11 is 0. The quantitative estimate of drug-likeness (QED) is 0.815. The molecule has 0 fully saturated rings. The Bertz CT molecular complexity index is 524. The molecule has 0 aliphatic rings. The number of aliphatic carboxylic acids is 1. The third kappa shape index (κ3) is 4.25. The maximum atomic E-state index is 11.6. The number of carboxylic acids is 1. The van der Waals surface area contributed by atoms with Crippen LogP contribution < -0.4 is 9.46 Å². The molecular formula is C11H15NO5S. The van der Waals surface area contributed by atoms with Gasteiger partial charge in [-0.15, -0.1) is 0 Å². The number of ether oxygens (including phenoxy) is 1. The van der Waals surface area contributed by atoms with E-state index in [0.717, 1.165) is 0 Å². The van der Waals surface area contributed by atoms with E-state index in [1.807, 2.05) is 0 Å². The van der Waals surface area contributed by atoms with Crippen molar-refractivity contribution in [3.8, 4) is 5.75 Å². The zero-order valence-electron chi connectivity index (χ0n) is 10.1. The van der Waals surface area contributed by atoms with E-state index in [1.54, 1.807) is 32.0 Å². The molecule has 1 aromatic rings. The van der Waals surface area contributed by atoms with Gasteiger partial charge in [0.05, 0.1) is 10.9 Å². The Hall–Kier alpha value is -1.76. The molecule has 7 heteroatoms. The lowest BCUT2D eigenvalue weighted by atomic mass is 10.3. The molecule has 0 amide bonds. The van der Waals surface area contributed by atoms with E-state index in [4.69, 9.17) is 9.84 Å². The standard InChI is InChI=1S/C11H15NO5S/c1-8(2)18(15,16)12-9-4-3-5-10(6-9)17-7-11(13)14/h3-6,8,12H,7H2,1-2H3,(H,13,14). The minimum absolute atomic E-state index is 0.293. The fourth-order valence-electron chi connectivity index (χ4n) is 1.08. The van der Waals surface area contributed by atoms with Crippen molar-refractivity contribution in [2.75, 3.05) is 11.3 Å². The lowest BCUT2D eigenvalue weighted by molar-refractivity contribution is -0.139. The number of anilines is 1. The molecule has 0 aliphatic heterocycles. The van der Waals surface area contributed by atoms with Gasteiger partial charge in [-0.25, -0.2) is 13.2 Å². The molecule has 0 radical (unpaired) electrons. The van der Waals surface area contributed by atoms with Crippen molar-refractivity contribution in [1.82, 2.24) is 0 Å². The molecule has 0 saturated carbocycles. The molecule has 6 nitrogen and oxygen atoms in total. The van der Waals surface area contributed by atoms with Gasteiger partial charge in [-0.2, -0.15) is 0 Å². The van der Waals surface area contributed by atoms with Crippen LogP contribution in [0.3, 0.4) is 0 Å². The van der Waals surface area contributed by atoms with Gasteiger partial charge >= 0.3 is 5.97 Å². The number of rotatable bonds is 6. The van der Waals surface area contributed by atoms with Crippen LogP contribution in [0.2, 0.25) is 0 Å². The molecule has 2 N–H and O–H groups in total. The van der Waals surface area contributed by atoms with Crippen molar-refractivity contribution in [3.05, 3.63) is 24.3 Å². The van der Waals surface area contributed by atoms with E-state index in [0.29, 0.717) is 11.4 Å². The highest BCUT2D eigenvalue weighted by atomic mass is 32.2. The van der Waals surface area contributed by atoms with Crippen molar-refractivity contribution in [2.45, 2.75) is 19.1 Å². The predicted octanol–water partition coefficient (Wildman–Crippen LogP) is 1.30. The Morgan fingerprint density at radius 3 is 2.67 bits per heavy atom. The zero-order valence-corrected chi connectivity index (χ0v) is 10.9. The van der Waals surface area contributed by atoms with Gasteiger partial charge in [-0.3, -0.25) is 4.72 Å². The summed E-state index contributed by atoms with van der Waals surface area (Å²) < 4.78 is 30.6. The van der Waals surface area contributed by atoms with Crippen molar-refractivity contribution in [3.63, 3.8) is 0 Å². The average Bonchev–Trinajstić information content (AvgIpc) is 2.26. The Morgan fingerprint density at radius 1 is 1.44 bits per heavy atom. The minimum Gasteiger partial charge on any atom is -0.482 e. The van der Waals surface area contributed by atoms with Crippen LogP contribution in [-0.2, 0) is 14.8 Å². The van der Waals surface area contributed by atoms with E-state index in [2.05, 4.69) is 4.72 Å². The fourth-order valence-corrected chi connectivity index (χ4v) is 1.77. The number of hydrogen-bond acceptors (Lipinski definition) is 4. The van der Waals surface area contributed by atoms with Crippen LogP contribution in [0.4, 0.5) is 5.69 Å². The van der Waals surface area contributed by atoms with Crippen LogP contribution in [0, 0.1) is 0 Å². The van der Waals surface area contributed by atoms with Crippen molar-refractivity contribution in [2.24, 2.45) is 0 Å². The number of carbonyl (C=O) groups is 1. The van der Waals surface area contributed by atoms with E-state index in [-0.39, 0.29) is 0 Å². The topological polar surface area (TPSA) is 92.7 Å². The van der Waals surface area contributed by atoms with Crippen LogP contribution in [0.5, 0.6) is 5.75 Å². The molecule has 1 aromatic carbocycles. The summed E-state index contributed by atoms with van der Waals surface area (Å²) in [5.74, 6) is -0.801. The third-order valence-electron chi connectivity index (χ3n) is 2.08. The first-order chi connectivity index (χ1) is 8.31. The lowest BCUT2D eigenvalue weighted by Crippen LogP contribution is -2.22. The number of sulfonamides is 1. The van der Waals surface area contributed by atoms with E-state index in [1.165, 1.54) is 6.07 Å². The Kier molecular flexibility index (Phi) is 4.55. The Labute approximate surface area is 106 Å². The van der Waals surface area contributed by atoms with E-state index < -0.39 is 27.8 Å². The van der Waals surface area contributed by atoms with Crippen LogP contribution in [0.15, 0.2) is 24.3 Å². The number of hydrogen-bond donors (Lipinski definition) is 2. The van der Waals surface area contributed by atoms with E-state index >= 15 is 0 Å². The van der Waals surface area contributed by atoms with E-state index in [9.17, 15) is 13.2 Å². The third-order valence-corrected chi connectivity index (χ3v) is 3.84. The normalized spacial score (nSPS) is 11.3. The first-order valence-electron chi connectivity index (χ1n) is 5.27. The zero-order chi connectivity index (χ0) is 13.8. The monoisotopic (exact) mass is 273 g/mol. The highest BCUT2D eigenvalue weighted by molar-refractivity contribution is 7.93. The number of nitrogens with one attached hydrogen (secondary N) is 1. The number of benzene rings is 1. The summed E-state index contributed by atoms with van der Waals surface area (Å²) in [6, 6.07) is 6.13. The van der Waals surface area contributed by atoms with Crippen LogP contribution in [-0.4, -0.2) is 31.4 Å². The van der Waals surface area contributed by atoms with Gasteiger partial charge in [-0.1, -0.05) is 6.07 Å². The second-order valence-corrected chi connectivity index (χ2v) is 6.14. The molecule has 0 heterocycles. The van der Waals surface area contributed by atoms with Crippen molar-refractivity contribution < 1.29 is 23.1 Å². The molecule has 0 atom stereocenters. The highest BCUT2D eigenvalue weighted by Gasteiger charge is 2.15. The second kappa shape index (κ2) is 5.72. The average molecular weight is 273 g/mol. The molecule has 0 unspecified atom stereocenters. The summed E-state index contributed by atoms with van der Waals surface area (Å²) in [4.78, 5) is 10.3. The van der Waals surface area contributed by atoms with Crippen molar-refractivity contribution >= 4 is 21.7 Å². The molecule has 1 rings (SSSR count). The molecule has 0 spiro atoms. The first-order valence-corrected chi connectivity index (χ1v) is 6.82. The van der Waals surface area contributed by atoms with Crippen molar-refractivity contribution in [1.29, 1.82) is 0 Å². The van der Waals surface area contributed by atoms with Gasteiger partial charge in [0.2, 0.25) is 10.0 Å². The van der Waals surface area contributed by atoms with Gasteiger partial charge in [0.15, 0.2) is 6.61 Å². The molecule has 0 aliphatic carbocycles. The first kappa shape index (κ1) is 14.3. The molecule has 0 aromatic heterocycles. The molecule has 0 saturated heterocycles. The van der Waals surface area contributed by atoms with Gasteiger partial charge < -0.3 is 9.84 Å². The second-order valence-electron chi connectivity index (χ2n) is 3.91. The van der Waals surface area contributed by atoms with Crippen LogP contribution in [0.25, 0.3) is 0 Å². The number of carboxylic acid groups (broad SMARTS) is 1. The van der Waals surface area contributed by atoms with Gasteiger partial charge in [-0.05, 0) is 26.0 Å². The summed E-state index contributed by atoms with van der Waals surface area (Å²) in [5.41, 5.74) is 0.339. The van der Waals surface area contributed by atoms with Crippen LogP contribution in [0.1, 0.15) is 13.8 Å². The lowest BCUT2D eigenvalue weighted by Gasteiger charge is -2.11. The van der Waals surface area contributed by atoms with Crippen LogP contribution >= 0.6 is 0 Å². The fraction of sp³-hybridized carbons (Fsp3) is 0.364. The molecular weight excluding hydrogens is 258 g/mol. The van der Waals surface area contributed by atoms with Gasteiger partial charge in [0.25, 0.3) is 0 Å². The summed E-state index contributed by atoms with van der Waals surface area (Å²) in [7, 11) is -3.42.